The maximum absolute atomic E-state index is 13.6. The lowest BCUT2D eigenvalue weighted by Crippen LogP contribution is -2.29. The van der Waals surface area contributed by atoms with Crippen LogP contribution in [0.1, 0.15) is 32.5 Å². The molecule has 5 rings (SSSR count). The first kappa shape index (κ1) is 26.0. The van der Waals surface area contributed by atoms with Gasteiger partial charge in [0.15, 0.2) is 16.6 Å². The summed E-state index contributed by atoms with van der Waals surface area (Å²) < 4.78 is 27.0. The zero-order chi connectivity index (χ0) is 27.8. The second kappa shape index (κ2) is 10.3. The molecule has 0 radical (unpaired) electrons. The van der Waals surface area contributed by atoms with Crippen LogP contribution in [0.2, 0.25) is 0 Å². The van der Waals surface area contributed by atoms with E-state index in [2.05, 4.69) is 4.98 Å². The third-order valence-corrected chi connectivity index (χ3v) is 7.49. The number of anilines is 1. The quantitative estimate of drug-likeness (QED) is 0.209. The molecule has 1 saturated heterocycles. The van der Waals surface area contributed by atoms with Crippen molar-refractivity contribution in [1.29, 1.82) is 0 Å². The Morgan fingerprint density at radius 1 is 1.05 bits per heavy atom. The number of Topliss-reactive ketones (excluding diaryl/α,β-unsaturated/α-hetero) is 1. The van der Waals surface area contributed by atoms with Crippen LogP contribution in [0.4, 0.5) is 5.13 Å². The number of ketones is 1. The van der Waals surface area contributed by atoms with E-state index in [4.69, 9.17) is 23.7 Å². The summed E-state index contributed by atoms with van der Waals surface area (Å²) >= 11 is 0.900. The zero-order valence-corrected chi connectivity index (χ0v) is 22.3. The molecule has 2 aliphatic heterocycles. The van der Waals surface area contributed by atoms with Crippen LogP contribution in [0, 0.1) is 6.92 Å². The Bertz CT molecular complexity index is 1530. The predicted octanol–water partition coefficient (Wildman–Crippen LogP) is 3.65. The fourth-order valence-electron chi connectivity index (χ4n) is 4.49. The summed E-state index contributed by atoms with van der Waals surface area (Å²) in [5.74, 6) is -1.27. The van der Waals surface area contributed by atoms with Gasteiger partial charge in [-0.25, -0.2) is 9.78 Å². The first-order valence-corrected chi connectivity index (χ1v) is 12.6. The maximum atomic E-state index is 13.6. The van der Waals surface area contributed by atoms with Crippen LogP contribution in [0.25, 0.3) is 5.76 Å². The Morgan fingerprint density at radius 2 is 1.79 bits per heavy atom. The van der Waals surface area contributed by atoms with Gasteiger partial charge in [-0.1, -0.05) is 11.3 Å². The lowest BCUT2D eigenvalue weighted by Gasteiger charge is -2.25. The number of amides is 1. The SMILES string of the molecule is COC(=O)c1sc(N2C(=O)C(=O)C(=C(O)c3ccc4c(c3)OCCO4)C2c2cc(OC)ccc2OC)nc1C. The molecule has 3 heterocycles. The van der Waals surface area contributed by atoms with Crippen molar-refractivity contribution in [3.63, 3.8) is 0 Å². The van der Waals surface area contributed by atoms with E-state index >= 15 is 0 Å². The number of carbonyl (C=O) groups is 3. The summed E-state index contributed by atoms with van der Waals surface area (Å²) in [6, 6.07) is 8.47. The lowest BCUT2D eigenvalue weighted by atomic mass is 9.94. The van der Waals surface area contributed by atoms with Crippen molar-refractivity contribution in [2.45, 2.75) is 13.0 Å². The predicted molar refractivity (Wildman–Crippen MR) is 140 cm³/mol. The number of nitrogens with zero attached hydrogens (tertiary/aromatic N) is 2. The summed E-state index contributed by atoms with van der Waals surface area (Å²) in [4.78, 5) is 45.1. The van der Waals surface area contributed by atoms with E-state index in [9.17, 15) is 19.5 Å². The summed E-state index contributed by atoms with van der Waals surface area (Å²) in [7, 11) is 4.16. The number of thiazole rings is 1. The Morgan fingerprint density at radius 3 is 2.49 bits per heavy atom. The lowest BCUT2D eigenvalue weighted by molar-refractivity contribution is -0.132. The summed E-state index contributed by atoms with van der Waals surface area (Å²) in [6.45, 7) is 2.31. The molecule has 1 aromatic heterocycles. The Balaban J connectivity index is 1.75. The van der Waals surface area contributed by atoms with E-state index in [0.717, 1.165) is 16.2 Å². The fourth-order valence-corrected chi connectivity index (χ4v) is 5.50. The topological polar surface area (TPSA) is 134 Å². The van der Waals surface area contributed by atoms with E-state index in [0.29, 0.717) is 47.5 Å². The summed E-state index contributed by atoms with van der Waals surface area (Å²) in [5.41, 5.74) is 0.736. The number of carbonyl (C=O) groups excluding carboxylic acids is 3. The monoisotopic (exact) mass is 552 g/mol. The molecule has 1 atom stereocenters. The summed E-state index contributed by atoms with van der Waals surface area (Å²) in [5, 5.41) is 11.6. The highest BCUT2D eigenvalue weighted by Crippen LogP contribution is 2.47. The van der Waals surface area contributed by atoms with Gasteiger partial charge in [0.25, 0.3) is 5.78 Å². The number of aliphatic hydroxyl groups is 1. The molecule has 39 heavy (non-hydrogen) atoms. The number of hydrogen-bond acceptors (Lipinski definition) is 11. The molecule has 0 spiro atoms. The van der Waals surface area contributed by atoms with Crippen molar-refractivity contribution < 1.29 is 43.2 Å². The van der Waals surface area contributed by atoms with Crippen LogP contribution in [0.15, 0.2) is 42.0 Å². The van der Waals surface area contributed by atoms with Crippen molar-refractivity contribution >= 4 is 39.9 Å². The number of aliphatic hydroxyl groups excluding tert-OH is 1. The van der Waals surface area contributed by atoms with E-state index in [1.165, 1.54) is 21.3 Å². The van der Waals surface area contributed by atoms with Crippen molar-refractivity contribution in [3.8, 4) is 23.0 Å². The van der Waals surface area contributed by atoms with Crippen LogP contribution < -0.4 is 23.8 Å². The van der Waals surface area contributed by atoms with Crippen molar-refractivity contribution in [2.24, 2.45) is 0 Å². The highest BCUT2D eigenvalue weighted by atomic mass is 32.1. The number of rotatable bonds is 6. The number of methoxy groups -OCH3 is 3. The largest absolute Gasteiger partial charge is 0.507 e. The van der Waals surface area contributed by atoms with Crippen molar-refractivity contribution in [2.75, 3.05) is 39.4 Å². The molecule has 0 bridgehead atoms. The van der Waals surface area contributed by atoms with Gasteiger partial charge in [0, 0.05) is 11.1 Å². The molecular formula is C27H24N2O9S. The Hall–Kier alpha value is -4.58. The summed E-state index contributed by atoms with van der Waals surface area (Å²) in [6.07, 6.45) is 0. The minimum Gasteiger partial charge on any atom is -0.507 e. The highest BCUT2D eigenvalue weighted by Gasteiger charge is 2.49. The van der Waals surface area contributed by atoms with E-state index in [-0.39, 0.29) is 21.1 Å². The third kappa shape index (κ3) is 4.42. The number of ether oxygens (including phenoxy) is 5. The minimum absolute atomic E-state index is 0.0751. The Kier molecular flexibility index (Phi) is 6.87. The molecule has 2 aromatic carbocycles. The molecule has 1 fully saturated rings. The molecule has 2 aliphatic rings. The number of fused-ring (bicyclic) bond motifs is 1. The fraction of sp³-hybridized carbons (Fsp3) is 0.259. The molecule has 202 valence electrons. The number of aryl methyl sites for hydroxylation is 1. The zero-order valence-electron chi connectivity index (χ0n) is 21.5. The van der Waals surface area contributed by atoms with Crippen molar-refractivity contribution in [1.82, 2.24) is 4.98 Å². The molecule has 3 aromatic rings. The molecule has 1 N–H and O–H groups in total. The van der Waals surface area contributed by atoms with Crippen LogP contribution in [-0.2, 0) is 14.3 Å². The number of benzene rings is 2. The average Bonchev–Trinajstić information content (AvgIpc) is 3.47. The van der Waals surface area contributed by atoms with Crippen LogP contribution in [0.3, 0.4) is 0 Å². The molecule has 1 amide bonds. The van der Waals surface area contributed by atoms with Crippen LogP contribution in [-0.4, -0.2) is 62.3 Å². The minimum atomic E-state index is -1.17. The molecule has 12 heteroatoms. The van der Waals surface area contributed by atoms with Gasteiger partial charge in [0.1, 0.15) is 41.4 Å². The van der Waals surface area contributed by atoms with E-state index in [1.807, 2.05) is 0 Å². The third-order valence-electron chi connectivity index (χ3n) is 6.35. The second-order valence-electron chi connectivity index (χ2n) is 8.54. The van der Waals surface area contributed by atoms with Gasteiger partial charge in [-0.2, -0.15) is 0 Å². The standard InChI is InChI=1S/C27H24N2O9S/c1-13-24(26(33)36-4)39-27(28-13)29-21(16-12-15(34-2)6-8-17(16)35-3)20(23(31)25(29)32)22(30)14-5-7-18-19(11-14)38-10-9-37-18/h5-8,11-12,21,30H,9-10H2,1-4H3. The molecule has 1 unspecified atom stereocenters. The van der Waals surface area contributed by atoms with Crippen LogP contribution in [0.5, 0.6) is 23.0 Å². The highest BCUT2D eigenvalue weighted by molar-refractivity contribution is 7.17. The Labute approximate surface area is 227 Å². The number of hydrogen-bond donors (Lipinski definition) is 1. The number of aromatic nitrogens is 1. The molecule has 11 nitrogen and oxygen atoms in total. The van der Waals surface area contributed by atoms with Gasteiger partial charge in [-0.3, -0.25) is 14.5 Å². The van der Waals surface area contributed by atoms with Gasteiger partial charge in [-0.15, -0.1) is 0 Å². The van der Waals surface area contributed by atoms with E-state index in [1.54, 1.807) is 43.3 Å². The normalized spacial score (nSPS) is 17.7. The molecular weight excluding hydrogens is 528 g/mol. The van der Waals surface area contributed by atoms with Gasteiger partial charge in [0.2, 0.25) is 0 Å². The number of esters is 1. The van der Waals surface area contributed by atoms with E-state index < -0.39 is 29.5 Å². The van der Waals surface area contributed by atoms with Gasteiger partial charge < -0.3 is 28.8 Å². The average molecular weight is 553 g/mol. The van der Waals surface area contributed by atoms with Gasteiger partial charge >= 0.3 is 11.9 Å². The van der Waals surface area contributed by atoms with Gasteiger partial charge in [-0.05, 0) is 43.3 Å². The first-order chi connectivity index (χ1) is 18.8. The van der Waals surface area contributed by atoms with Gasteiger partial charge in [0.05, 0.1) is 32.6 Å². The maximum Gasteiger partial charge on any atom is 0.350 e. The molecule has 0 aliphatic carbocycles. The second-order valence-corrected chi connectivity index (χ2v) is 9.52. The van der Waals surface area contributed by atoms with Crippen LogP contribution >= 0.6 is 11.3 Å². The first-order valence-electron chi connectivity index (χ1n) is 11.8. The smallest absolute Gasteiger partial charge is 0.350 e. The van der Waals surface area contributed by atoms with Crippen molar-refractivity contribution in [3.05, 3.63) is 63.7 Å². The molecule has 0 saturated carbocycles.